The van der Waals surface area contributed by atoms with Crippen molar-refractivity contribution < 1.29 is 9.47 Å². The normalized spacial score (nSPS) is 19.9. The van der Waals surface area contributed by atoms with Crippen LogP contribution in [0.1, 0.15) is 19.8 Å². The van der Waals surface area contributed by atoms with E-state index in [9.17, 15) is 0 Å². The summed E-state index contributed by atoms with van der Waals surface area (Å²) in [6.07, 6.45) is 6.42. The molecule has 0 radical (unpaired) electrons. The average Bonchev–Trinajstić information content (AvgIpc) is 2.24. The molecule has 1 aliphatic rings. The van der Waals surface area contributed by atoms with Gasteiger partial charge in [-0.05, 0) is 25.8 Å². The minimum absolute atomic E-state index is 0.330. The molecule has 0 aliphatic carbocycles. The zero-order chi connectivity index (χ0) is 10.9. The van der Waals surface area contributed by atoms with Crippen LogP contribution in [0.4, 0.5) is 0 Å². The summed E-state index contributed by atoms with van der Waals surface area (Å²) < 4.78 is 10.8. The lowest BCUT2D eigenvalue weighted by atomic mass is 10.1. The SMILES string of the molecule is C=C(C)COCCNCC1CCC=CO1. The monoisotopic (exact) mass is 211 g/mol. The van der Waals surface area contributed by atoms with Gasteiger partial charge in [0, 0.05) is 13.1 Å². The first kappa shape index (κ1) is 12.3. The molecular weight excluding hydrogens is 190 g/mol. The molecule has 0 aromatic heterocycles. The number of ether oxygens (including phenoxy) is 2. The minimum Gasteiger partial charge on any atom is -0.497 e. The van der Waals surface area contributed by atoms with Crippen LogP contribution in [0.15, 0.2) is 24.5 Å². The molecule has 86 valence electrons. The summed E-state index contributed by atoms with van der Waals surface area (Å²) >= 11 is 0. The molecule has 0 saturated carbocycles. The van der Waals surface area contributed by atoms with Gasteiger partial charge in [-0.2, -0.15) is 0 Å². The van der Waals surface area contributed by atoms with Gasteiger partial charge in [-0.3, -0.25) is 0 Å². The average molecular weight is 211 g/mol. The quantitative estimate of drug-likeness (QED) is 0.515. The lowest BCUT2D eigenvalue weighted by molar-refractivity contribution is 0.114. The van der Waals surface area contributed by atoms with E-state index in [0.717, 1.165) is 38.1 Å². The van der Waals surface area contributed by atoms with E-state index in [1.807, 2.05) is 6.92 Å². The van der Waals surface area contributed by atoms with Crippen molar-refractivity contribution in [3.8, 4) is 0 Å². The molecule has 0 amide bonds. The van der Waals surface area contributed by atoms with Crippen molar-refractivity contribution in [1.82, 2.24) is 5.32 Å². The largest absolute Gasteiger partial charge is 0.497 e. The van der Waals surface area contributed by atoms with Crippen molar-refractivity contribution >= 4 is 0 Å². The summed E-state index contributed by atoms with van der Waals surface area (Å²) in [4.78, 5) is 0. The van der Waals surface area contributed by atoms with E-state index >= 15 is 0 Å². The third-order valence-electron chi connectivity index (χ3n) is 2.17. The number of nitrogens with one attached hydrogen (secondary N) is 1. The molecule has 3 nitrogen and oxygen atoms in total. The Labute approximate surface area is 92.1 Å². The van der Waals surface area contributed by atoms with E-state index in [4.69, 9.17) is 9.47 Å². The van der Waals surface area contributed by atoms with Crippen molar-refractivity contribution in [2.75, 3.05) is 26.3 Å². The zero-order valence-electron chi connectivity index (χ0n) is 9.50. The lowest BCUT2D eigenvalue weighted by Crippen LogP contribution is -2.31. The Bertz CT molecular complexity index is 214. The van der Waals surface area contributed by atoms with Gasteiger partial charge in [-0.25, -0.2) is 0 Å². The highest BCUT2D eigenvalue weighted by Crippen LogP contribution is 2.08. The molecule has 0 bridgehead atoms. The first-order valence-electron chi connectivity index (χ1n) is 5.52. The fourth-order valence-electron chi connectivity index (χ4n) is 1.39. The third-order valence-corrected chi connectivity index (χ3v) is 2.17. The topological polar surface area (TPSA) is 30.5 Å². The van der Waals surface area contributed by atoms with E-state index in [1.165, 1.54) is 0 Å². The van der Waals surface area contributed by atoms with Gasteiger partial charge in [0.25, 0.3) is 0 Å². The summed E-state index contributed by atoms with van der Waals surface area (Å²) in [6, 6.07) is 0. The third kappa shape index (κ3) is 6.31. The highest BCUT2D eigenvalue weighted by molar-refractivity contribution is 4.87. The summed E-state index contributed by atoms with van der Waals surface area (Å²) in [5, 5.41) is 3.32. The van der Waals surface area contributed by atoms with Gasteiger partial charge in [0.2, 0.25) is 0 Å². The fraction of sp³-hybridized carbons (Fsp3) is 0.667. The van der Waals surface area contributed by atoms with Crippen LogP contribution < -0.4 is 5.32 Å². The van der Waals surface area contributed by atoms with Crippen LogP contribution in [-0.2, 0) is 9.47 Å². The van der Waals surface area contributed by atoms with Crippen LogP contribution in [0.25, 0.3) is 0 Å². The maximum atomic E-state index is 5.42. The molecule has 1 rings (SSSR count). The zero-order valence-corrected chi connectivity index (χ0v) is 9.50. The van der Waals surface area contributed by atoms with Gasteiger partial charge in [-0.15, -0.1) is 0 Å². The Morgan fingerprint density at radius 2 is 2.53 bits per heavy atom. The van der Waals surface area contributed by atoms with Crippen molar-refractivity contribution in [2.24, 2.45) is 0 Å². The van der Waals surface area contributed by atoms with E-state index in [2.05, 4.69) is 18.0 Å². The van der Waals surface area contributed by atoms with Crippen LogP contribution in [-0.4, -0.2) is 32.4 Å². The maximum absolute atomic E-state index is 5.42. The van der Waals surface area contributed by atoms with E-state index < -0.39 is 0 Å². The molecule has 0 aromatic carbocycles. The molecule has 0 saturated heterocycles. The highest BCUT2D eigenvalue weighted by Gasteiger charge is 2.09. The molecule has 1 atom stereocenters. The molecule has 1 aliphatic heterocycles. The molecule has 1 unspecified atom stereocenters. The van der Waals surface area contributed by atoms with Crippen molar-refractivity contribution in [3.63, 3.8) is 0 Å². The van der Waals surface area contributed by atoms with Gasteiger partial charge in [-0.1, -0.05) is 12.2 Å². The number of hydrogen-bond acceptors (Lipinski definition) is 3. The van der Waals surface area contributed by atoms with Gasteiger partial charge < -0.3 is 14.8 Å². The predicted octanol–water partition coefficient (Wildman–Crippen LogP) is 1.86. The van der Waals surface area contributed by atoms with Crippen LogP contribution in [0.5, 0.6) is 0 Å². The Morgan fingerprint density at radius 1 is 1.67 bits per heavy atom. The first-order chi connectivity index (χ1) is 7.29. The van der Waals surface area contributed by atoms with E-state index in [-0.39, 0.29) is 0 Å². The second-order valence-corrected chi connectivity index (χ2v) is 3.92. The molecule has 1 heterocycles. The Hall–Kier alpha value is -0.800. The second-order valence-electron chi connectivity index (χ2n) is 3.92. The summed E-state index contributed by atoms with van der Waals surface area (Å²) in [5.74, 6) is 0. The molecule has 15 heavy (non-hydrogen) atoms. The number of hydrogen-bond donors (Lipinski definition) is 1. The summed E-state index contributed by atoms with van der Waals surface area (Å²) in [7, 11) is 0. The van der Waals surface area contributed by atoms with Crippen LogP contribution in [0, 0.1) is 0 Å². The van der Waals surface area contributed by atoms with Crippen LogP contribution >= 0.6 is 0 Å². The maximum Gasteiger partial charge on any atom is 0.110 e. The molecule has 0 fully saturated rings. The molecule has 0 aromatic rings. The van der Waals surface area contributed by atoms with E-state index in [0.29, 0.717) is 12.7 Å². The Balaban J connectivity index is 1.88. The molecular formula is C12H21NO2. The minimum atomic E-state index is 0.330. The summed E-state index contributed by atoms with van der Waals surface area (Å²) in [5.41, 5.74) is 1.07. The smallest absolute Gasteiger partial charge is 0.110 e. The predicted molar refractivity (Wildman–Crippen MR) is 61.7 cm³/mol. The summed E-state index contributed by atoms with van der Waals surface area (Å²) in [6.45, 7) is 8.91. The van der Waals surface area contributed by atoms with Crippen LogP contribution in [0.2, 0.25) is 0 Å². The first-order valence-corrected chi connectivity index (χ1v) is 5.52. The molecule has 3 heteroatoms. The van der Waals surface area contributed by atoms with Crippen molar-refractivity contribution in [2.45, 2.75) is 25.9 Å². The van der Waals surface area contributed by atoms with Gasteiger partial charge >= 0.3 is 0 Å². The number of rotatable bonds is 7. The van der Waals surface area contributed by atoms with Crippen LogP contribution in [0.3, 0.4) is 0 Å². The Morgan fingerprint density at radius 3 is 3.20 bits per heavy atom. The highest BCUT2D eigenvalue weighted by atomic mass is 16.5. The fourth-order valence-corrected chi connectivity index (χ4v) is 1.39. The molecule has 0 spiro atoms. The van der Waals surface area contributed by atoms with Crippen molar-refractivity contribution in [1.29, 1.82) is 0 Å². The second kappa shape index (κ2) is 7.49. The lowest BCUT2D eigenvalue weighted by Gasteiger charge is -2.19. The van der Waals surface area contributed by atoms with Gasteiger partial charge in [0.15, 0.2) is 0 Å². The number of allylic oxidation sites excluding steroid dienone is 1. The van der Waals surface area contributed by atoms with Gasteiger partial charge in [0.1, 0.15) is 6.10 Å². The molecule has 1 N–H and O–H groups in total. The van der Waals surface area contributed by atoms with Gasteiger partial charge in [0.05, 0.1) is 19.5 Å². The Kier molecular flexibility index (Phi) is 6.12. The standard InChI is InChI=1S/C12H21NO2/c1-11(2)10-14-8-6-13-9-12-5-3-4-7-15-12/h4,7,12-13H,1,3,5-6,8-10H2,2H3. The van der Waals surface area contributed by atoms with E-state index in [1.54, 1.807) is 6.26 Å². The van der Waals surface area contributed by atoms with Crippen molar-refractivity contribution in [3.05, 3.63) is 24.5 Å².